The van der Waals surface area contributed by atoms with Crippen LogP contribution in [0.3, 0.4) is 0 Å². The molecule has 1 aliphatic rings. The highest BCUT2D eigenvalue weighted by atomic mass is 16.7. The van der Waals surface area contributed by atoms with Crippen LogP contribution in [0, 0.1) is 0 Å². The molecule has 2 atom stereocenters. The number of ether oxygens (including phenoxy) is 3. The molecule has 0 saturated carbocycles. The van der Waals surface area contributed by atoms with Gasteiger partial charge in [0.05, 0.1) is 12.7 Å². The van der Waals surface area contributed by atoms with E-state index in [9.17, 15) is 9.59 Å². The molecule has 6 heteroatoms. The zero-order valence-corrected chi connectivity index (χ0v) is 13.6. The van der Waals surface area contributed by atoms with Gasteiger partial charge in [0.25, 0.3) is 0 Å². The third-order valence-corrected chi connectivity index (χ3v) is 3.77. The first-order chi connectivity index (χ1) is 11.2. The van der Waals surface area contributed by atoms with Crippen molar-refractivity contribution < 1.29 is 23.8 Å². The number of amides is 1. The monoisotopic (exact) mass is 321 g/mol. The Bertz CT molecular complexity index is 519. The Labute approximate surface area is 136 Å². The molecule has 1 aliphatic heterocycles. The van der Waals surface area contributed by atoms with Gasteiger partial charge in [-0.05, 0) is 18.9 Å². The Morgan fingerprint density at radius 2 is 2.04 bits per heavy atom. The summed E-state index contributed by atoms with van der Waals surface area (Å²) >= 11 is 0. The number of rotatable bonds is 7. The number of methoxy groups -OCH3 is 1. The van der Waals surface area contributed by atoms with Crippen LogP contribution in [-0.4, -0.2) is 49.4 Å². The van der Waals surface area contributed by atoms with E-state index in [2.05, 4.69) is 0 Å². The Balaban J connectivity index is 2.21. The molecule has 1 aromatic carbocycles. The zero-order chi connectivity index (χ0) is 16.7. The van der Waals surface area contributed by atoms with Crippen LogP contribution in [0.4, 0.5) is 0 Å². The van der Waals surface area contributed by atoms with Crippen molar-refractivity contribution in [2.75, 3.05) is 20.5 Å². The van der Waals surface area contributed by atoms with E-state index < -0.39 is 18.1 Å². The summed E-state index contributed by atoms with van der Waals surface area (Å²) in [5.74, 6) is -0.498. The highest BCUT2D eigenvalue weighted by Crippen LogP contribution is 2.25. The Hall–Kier alpha value is -1.92. The molecule has 0 bridgehead atoms. The Kier molecular flexibility index (Phi) is 6.55. The van der Waals surface area contributed by atoms with Crippen molar-refractivity contribution in [3.05, 3.63) is 35.9 Å². The summed E-state index contributed by atoms with van der Waals surface area (Å²) in [5.41, 5.74) is 0.961. The van der Waals surface area contributed by atoms with Crippen LogP contribution in [-0.2, 0) is 30.3 Å². The molecule has 0 aliphatic carbocycles. The van der Waals surface area contributed by atoms with Crippen LogP contribution in [0.1, 0.15) is 25.3 Å². The van der Waals surface area contributed by atoms with Gasteiger partial charge in [-0.25, -0.2) is 4.79 Å². The number of carbonyl (C=O) groups is 2. The third kappa shape index (κ3) is 4.53. The van der Waals surface area contributed by atoms with Gasteiger partial charge < -0.3 is 19.1 Å². The van der Waals surface area contributed by atoms with Gasteiger partial charge in [0.15, 0.2) is 6.04 Å². The van der Waals surface area contributed by atoms with Gasteiger partial charge in [0, 0.05) is 20.1 Å². The number of carbonyl (C=O) groups excluding carboxylic acids is 2. The minimum Gasteiger partial charge on any atom is -0.464 e. The van der Waals surface area contributed by atoms with Crippen LogP contribution < -0.4 is 0 Å². The molecule has 6 nitrogen and oxygen atoms in total. The van der Waals surface area contributed by atoms with Crippen LogP contribution in [0.25, 0.3) is 0 Å². The molecular formula is C17H23NO5. The van der Waals surface area contributed by atoms with E-state index in [0.717, 1.165) is 5.56 Å². The first-order valence-electron chi connectivity index (χ1n) is 7.78. The number of esters is 1. The molecule has 0 spiro atoms. The standard InChI is InChI=1S/C17H23NO5/c1-3-22-17(20)16-14(23-12-21-2)9-10-15(19)18(16)11-13-7-5-4-6-8-13/h4-8,14,16H,3,9-12H2,1-2H3/t14-,16+/m0/s1. The number of likely N-dealkylation sites (tertiary alicyclic amines) is 1. The van der Waals surface area contributed by atoms with Gasteiger partial charge in [-0.1, -0.05) is 30.3 Å². The fraction of sp³-hybridized carbons (Fsp3) is 0.529. The lowest BCUT2D eigenvalue weighted by molar-refractivity contribution is -0.175. The van der Waals surface area contributed by atoms with Crippen molar-refractivity contribution in [1.82, 2.24) is 4.90 Å². The lowest BCUT2D eigenvalue weighted by Crippen LogP contribution is -2.56. The minimum absolute atomic E-state index is 0.0656. The van der Waals surface area contributed by atoms with E-state index >= 15 is 0 Å². The summed E-state index contributed by atoms with van der Waals surface area (Å²) in [5, 5.41) is 0. The number of benzene rings is 1. The fourth-order valence-electron chi connectivity index (χ4n) is 2.73. The van der Waals surface area contributed by atoms with Crippen molar-refractivity contribution in [3.63, 3.8) is 0 Å². The number of hydrogen-bond acceptors (Lipinski definition) is 5. The number of nitrogens with zero attached hydrogens (tertiary/aromatic N) is 1. The van der Waals surface area contributed by atoms with Gasteiger partial charge in [-0.3, -0.25) is 4.79 Å². The maximum Gasteiger partial charge on any atom is 0.331 e. The van der Waals surface area contributed by atoms with Crippen LogP contribution in [0.2, 0.25) is 0 Å². The maximum absolute atomic E-state index is 12.4. The second-order valence-corrected chi connectivity index (χ2v) is 5.35. The van der Waals surface area contributed by atoms with Gasteiger partial charge in [-0.2, -0.15) is 0 Å². The SMILES string of the molecule is CCOC(=O)[C@H]1[C@@H](OCOC)CCC(=O)N1Cc1ccccc1. The molecule has 0 aromatic heterocycles. The minimum atomic E-state index is -0.744. The van der Waals surface area contributed by atoms with Crippen molar-refractivity contribution in [2.45, 2.75) is 38.5 Å². The fourth-order valence-corrected chi connectivity index (χ4v) is 2.73. The average Bonchev–Trinajstić information content (AvgIpc) is 2.56. The topological polar surface area (TPSA) is 65.1 Å². The molecule has 0 radical (unpaired) electrons. The predicted octanol–water partition coefficient (Wildman–Crippen LogP) is 1.73. The quantitative estimate of drug-likeness (QED) is 0.565. The number of piperidine rings is 1. The first-order valence-corrected chi connectivity index (χ1v) is 7.78. The second kappa shape index (κ2) is 8.64. The van der Waals surface area contributed by atoms with Crippen molar-refractivity contribution >= 4 is 11.9 Å². The van der Waals surface area contributed by atoms with E-state index in [1.54, 1.807) is 11.8 Å². The summed E-state index contributed by atoms with van der Waals surface area (Å²) in [6, 6.07) is 8.83. The lowest BCUT2D eigenvalue weighted by atomic mass is 9.97. The molecule has 0 N–H and O–H groups in total. The van der Waals surface area contributed by atoms with Crippen molar-refractivity contribution in [1.29, 1.82) is 0 Å². The van der Waals surface area contributed by atoms with Crippen LogP contribution in [0.15, 0.2) is 30.3 Å². The average molecular weight is 321 g/mol. The highest BCUT2D eigenvalue weighted by Gasteiger charge is 2.42. The molecule has 23 heavy (non-hydrogen) atoms. The van der Waals surface area contributed by atoms with Crippen LogP contribution >= 0.6 is 0 Å². The number of hydrogen-bond donors (Lipinski definition) is 0. The summed E-state index contributed by atoms with van der Waals surface area (Å²) in [7, 11) is 1.52. The lowest BCUT2D eigenvalue weighted by Gasteiger charge is -2.39. The second-order valence-electron chi connectivity index (χ2n) is 5.35. The predicted molar refractivity (Wildman–Crippen MR) is 83.4 cm³/mol. The van der Waals surface area contributed by atoms with Crippen molar-refractivity contribution in [3.8, 4) is 0 Å². The van der Waals surface area contributed by atoms with E-state index in [1.807, 2.05) is 30.3 Å². The molecule has 1 amide bonds. The van der Waals surface area contributed by atoms with Gasteiger partial charge >= 0.3 is 5.97 Å². The molecule has 1 saturated heterocycles. The zero-order valence-electron chi connectivity index (χ0n) is 13.6. The largest absolute Gasteiger partial charge is 0.464 e. The molecule has 1 fully saturated rings. The summed E-state index contributed by atoms with van der Waals surface area (Å²) < 4.78 is 15.7. The third-order valence-electron chi connectivity index (χ3n) is 3.77. The van der Waals surface area contributed by atoms with Crippen LogP contribution in [0.5, 0.6) is 0 Å². The molecule has 126 valence electrons. The van der Waals surface area contributed by atoms with E-state index in [4.69, 9.17) is 14.2 Å². The van der Waals surface area contributed by atoms with E-state index in [0.29, 0.717) is 19.4 Å². The van der Waals surface area contributed by atoms with E-state index in [-0.39, 0.29) is 19.3 Å². The molecule has 0 unspecified atom stereocenters. The maximum atomic E-state index is 12.4. The Morgan fingerprint density at radius 1 is 1.30 bits per heavy atom. The molecule has 1 aromatic rings. The van der Waals surface area contributed by atoms with Gasteiger partial charge in [-0.15, -0.1) is 0 Å². The normalized spacial score (nSPS) is 21.3. The summed E-state index contributed by atoms with van der Waals surface area (Å²) in [6.07, 6.45) is 0.407. The summed E-state index contributed by atoms with van der Waals surface area (Å²) in [6.45, 7) is 2.44. The van der Waals surface area contributed by atoms with E-state index in [1.165, 1.54) is 7.11 Å². The summed E-state index contributed by atoms with van der Waals surface area (Å²) in [4.78, 5) is 26.3. The van der Waals surface area contributed by atoms with Gasteiger partial charge in [0.2, 0.25) is 5.91 Å². The first kappa shape index (κ1) is 17.4. The smallest absolute Gasteiger partial charge is 0.331 e. The Morgan fingerprint density at radius 3 is 2.70 bits per heavy atom. The van der Waals surface area contributed by atoms with Gasteiger partial charge in [0.1, 0.15) is 6.79 Å². The van der Waals surface area contributed by atoms with Crippen molar-refractivity contribution in [2.24, 2.45) is 0 Å². The molecule has 1 heterocycles. The molecular weight excluding hydrogens is 298 g/mol. The highest BCUT2D eigenvalue weighted by molar-refractivity contribution is 5.86. The molecule has 2 rings (SSSR count).